The summed E-state index contributed by atoms with van der Waals surface area (Å²) in [6, 6.07) is 10.9. The molecule has 0 aliphatic rings. The number of aryl methyl sites for hydroxylation is 1. The minimum absolute atomic E-state index is 0.0218. The van der Waals surface area contributed by atoms with Crippen LogP contribution in [0.2, 0.25) is 0 Å². The molecule has 0 radical (unpaired) electrons. The number of hydrogen-bond donors (Lipinski definition) is 2. The fraction of sp³-hybridized carbons (Fsp3) is 0.0588. The number of aromatic amines is 1. The Bertz CT molecular complexity index is 982. The number of nitrogens with one attached hydrogen (secondary N) is 2. The van der Waals surface area contributed by atoms with Gasteiger partial charge in [0.1, 0.15) is 11.4 Å². The molecular formula is C17H12BrFN2O2. The zero-order valence-corrected chi connectivity index (χ0v) is 13.7. The molecule has 0 saturated carbocycles. The van der Waals surface area contributed by atoms with Gasteiger partial charge in [-0.25, -0.2) is 4.39 Å². The predicted octanol–water partition coefficient (Wildman–Crippen LogP) is 3.99. The van der Waals surface area contributed by atoms with E-state index in [1.54, 1.807) is 12.1 Å². The highest BCUT2D eigenvalue weighted by molar-refractivity contribution is 9.10. The molecule has 0 saturated heterocycles. The van der Waals surface area contributed by atoms with E-state index in [1.807, 2.05) is 13.0 Å². The lowest BCUT2D eigenvalue weighted by atomic mass is 10.1. The lowest BCUT2D eigenvalue weighted by Gasteiger charge is -2.09. The predicted molar refractivity (Wildman–Crippen MR) is 91.4 cm³/mol. The summed E-state index contributed by atoms with van der Waals surface area (Å²) in [5.41, 5.74) is 1.26. The van der Waals surface area contributed by atoms with Gasteiger partial charge in [-0.15, -0.1) is 0 Å². The van der Waals surface area contributed by atoms with Crippen LogP contribution in [0.15, 0.2) is 51.7 Å². The summed E-state index contributed by atoms with van der Waals surface area (Å²) < 4.78 is 14.1. The second-order valence-corrected chi connectivity index (χ2v) is 6.07. The van der Waals surface area contributed by atoms with E-state index in [4.69, 9.17) is 0 Å². The molecule has 23 heavy (non-hydrogen) atoms. The summed E-state index contributed by atoms with van der Waals surface area (Å²) in [5.74, 6) is -0.960. The number of hydrogen-bond acceptors (Lipinski definition) is 2. The normalized spacial score (nSPS) is 10.7. The lowest BCUT2D eigenvalue weighted by Crippen LogP contribution is -2.23. The molecule has 0 spiro atoms. The van der Waals surface area contributed by atoms with E-state index in [0.29, 0.717) is 16.6 Å². The number of amides is 1. The molecule has 116 valence electrons. The molecule has 4 nitrogen and oxygen atoms in total. The van der Waals surface area contributed by atoms with Crippen LogP contribution in [-0.2, 0) is 0 Å². The number of carbonyl (C=O) groups is 1. The van der Waals surface area contributed by atoms with E-state index in [0.717, 1.165) is 10.0 Å². The maximum Gasteiger partial charge on any atom is 0.261 e. The second kappa shape index (κ2) is 5.96. The van der Waals surface area contributed by atoms with Crippen molar-refractivity contribution in [2.24, 2.45) is 0 Å². The summed E-state index contributed by atoms with van der Waals surface area (Å²) in [5, 5.41) is 3.30. The highest BCUT2D eigenvalue weighted by atomic mass is 79.9. The molecule has 0 aliphatic heterocycles. The largest absolute Gasteiger partial charge is 0.322 e. The Morgan fingerprint density at radius 2 is 1.96 bits per heavy atom. The molecule has 1 amide bonds. The van der Waals surface area contributed by atoms with Gasteiger partial charge >= 0.3 is 0 Å². The molecule has 2 aromatic carbocycles. The second-order valence-electron chi connectivity index (χ2n) is 5.16. The summed E-state index contributed by atoms with van der Waals surface area (Å²) in [6.07, 6.45) is 0. The molecule has 6 heteroatoms. The number of benzene rings is 2. The molecular weight excluding hydrogens is 363 g/mol. The third-order valence-corrected chi connectivity index (χ3v) is 3.98. The Morgan fingerprint density at radius 1 is 1.17 bits per heavy atom. The van der Waals surface area contributed by atoms with Gasteiger partial charge in [0.25, 0.3) is 11.5 Å². The smallest absolute Gasteiger partial charge is 0.261 e. The van der Waals surface area contributed by atoms with Gasteiger partial charge in [-0.3, -0.25) is 9.59 Å². The molecule has 1 aromatic heterocycles. The van der Waals surface area contributed by atoms with Crippen LogP contribution in [0.1, 0.15) is 15.9 Å². The van der Waals surface area contributed by atoms with Gasteiger partial charge in [-0.05, 0) is 60.3 Å². The van der Waals surface area contributed by atoms with E-state index in [2.05, 4.69) is 26.2 Å². The molecule has 0 bridgehead atoms. The third-order valence-electron chi connectivity index (χ3n) is 3.49. The number of rotatable bonds is 2. The Morgan fingerprint density at radius 3 is 2.70 bits per heavy atom. The van der Waals surface area contributed by atoms with Crippen molar-refractivity contribution in [3.63, 3.8) is 0 Å². The minimum atomic E-state index is -0.560. The van der Waals surface area contributed by atoms with Crippen molar-refractivity contribution >= 4 is 38.4 Å². The SMILES string of the molecule is Cc1cc(Br)ccc1NC(=O)c1cc2ccc(F)cc2[nH]c1=O. The summed E-state index contributed by atoms with van der Waals surface area (Å²) in [7, 11) is 0. The van der Waals surface area contributed by atoms with Crippen molar-refractivity contribution in [3.05, 3.63) is 74.2 Å². The Kier molecular flexibility index (Phi) is 4.00. The average Bonchev–Trinajstić information content (AvgIpc) is 2.49. The molecule has 0 aliphatic carbocycles. The quantitative estimate of drug-likeness (QED) is 0.712. The number of pyridine rings is 1. The first-order valence-electron chi connectivity index (χ1n) is 6.84. The van der Waals surface area contributed by atoms with Crippen molar-refractivity contribution in [1.29, 1.82) is 0 Å². The van der Waals surface area contributed by atoms with Crippen LogP contribution in [-0.4, -0.2) is 10.9 Å². The zero-order chi connectivity index (χ0) is 16.6. The number of anilines is 1. The van der Waals surface area contributed by atoms with E-state index >= 15 is 0 Å². The minimum Gasteiger partial charge on any atom is -0.322 e. The molecule has 0 fully saturated rings. The molecule has 0 unspecified atom stereocenters. The van der Waals surface area contributed by atoms with Gasteiger partial charge in [0.2, 0.25) is 0 Å². The van der Waals surface area contributed by atoms with Crippen molar-refractivity contribution in [2.75, 3.05) is 5.32 Å². The monoisotopic (exact) mass is 374 g/mol. The molecule has 3 rings (SSSR count). The van der Waals surface area contributed by atoms with Crippen molar-refractivity contribution in [1.82, 2.24) is 4.98 Å². The molecule has 2 N–H and O–H groups in total. The number of H-pyrrole nitrogens is 1. The van der Waals surface area contributed by atoms with Gasteiger partial charge in [-0.2, -0.15) is 0 Å². The van der Waals surface area contributed by atoms with Crippen LogP contribution in [0, 0.1) is 12.7 Å². The van der Waals surface area contributed by atoms with Gasteiger partial charge < -0.3 is 10.3 Å². The highest BCUT2D eigenvalue weighted by Gasteiger charge is 2.13. The maximum atomic E-state index is 13.2. The lowest BCUT2D eigenvalue weighted by molar-refractivity contribution is 0.102. The number of aromatic nitrogens is 1. The van der Waals surface area contributed by atoms with Crippen LogP contribution in [0.25, 0.3) is 10.9 Å². The fourth-order valence-corrected chi connectivity index (χ4v) is 2.77. The number of carbonyl (C=O) groups excluding carboxylic acids is 1. The third kappa shape index (κ3) is 3.17. The topological polar surface area (TPSA) is 62.0 Å². The van der Waals surface area contributed by atoms with Gasteiger partial charge in [-0.1, -0.05) is 15.9 Å². The van der Waals surface area contributed by atoms with Crippen molar-refractivity contribution in [3.8, 4) is 0 Å². The summed E-state index contributed by atoms with van der Waals surface area (Å²) in [4.78, 5) is 27.0. The van der Waals surface area contributed by atoms with Crippen LogP contribution in [0.5, 0.6) is 0 Å². The van der Waals surface area contributed by atoms with Crippen molar-refractivity contribution < 1.29 is 9.18 Å². The highest BCUT2D eigenvalue weighted by Crippen LogP contribution is 2.21. The van der Waals surface area contributed by atoms with Gasteiger partial charge in [0, 0.05) is 10.2 Å². The van der Waals surface area contributed by atoms with Gasteiger partial charge in [0.15, 0.2) is 0 Å². The molecule has 3 aromatic rings. The summed E-state index contributed by atoms with van der Waals surface area (Å²) in [6.45, 7) is 1.85. The Labute approximate surface area is 139 Å². The maximum absolute atomic E-state index is 13.2. The van der Waals surface area contributed by atoms with E-state index in [9.17, 15) is 14.0 Å². The standard InChI is InChI=1S/C17H12BrFN2O2/c1-9-6-11(18)3-5-14(9)20-16(22)13-7-10-2-4-12(19)8-15(10)21-17(13)23/h2-8H,1H3,(H,20,22)(H,21,23). The Balaban J connectivity index is 1.99. The van der Waals surface area contributed by atoms with Crippen LogP contribution < -0.4 is 10.9 Å². The van der Waals surface area contributed by atoms with Crippen LogP contribution >= 0.6 is 15.9 Å². The zero-order valence-electron chi connectivity index (χ0n) is 12.1. The van der Waals surface area contributed by atoms with Gasteiger partial charge in [0.05, 0.1) is 5.52 Å². The first-order chi connectivity index (χ1) is 10.9. The first kappa shape index (κ1) is 15.4. The first-order valence-corrected chi connectivity index (χ1v) is 7.63. The van der Waals surface area contributed by atoms with E-state index in [1.165, 1.54) is 24.3 Å². The van der Waals surface area contributed by atoms with Crippen LogP contribution in [0.4, 0.5) is 10.1 Å². The average molecular weight is 375 g/mol. The fourth-order valence-electron chi connectivity index (χ4n) is 2.30. The Hall–Kier alpha value is -2.47. The molecule has 0 atom stereocenters. The summed E-state index contributed by atoms with van der Waals surface area (Å²) >= 11 is 3.35. The number of halogens is 2. The van der Waals surface area contributed by atoms with E-state index in [-0.39, 0.29) is 5.56 Å². The number of fused-ring (bicyclic) bond motifs is 1. The van der Waals surface area contributed by atoms with E-state index < -0.39 is 17.3 Å². The van der Waals surface area contributed by atoms with Crippen molar-refractivity contribution in [2.45, 2.75) is 6.92 Å². The van der Waals surface area contributed by atoms with Crippen LogP contribution in [0.3, 0.4) is 0 Å². The molecule has 1 heterocycles.